The number of fused-ring (bicyclic) bond motifs is 5. The van der Waals surface area contributed by atoms with Crippen molar-refractivity contribution >= 4 is 0 Å². The fourth-order valence-electron chi connectivity index (χ4n) is 14.1. The van der Waals surface area contributed by atoms with Crippen molar-refractivity contribution in [2.24, 2.45) is 86.8 Å². The fraction of sp³-hybridized carbons (Fsp3) is 1.00. The van der Waals surface area contributed by atoms with E-state index in [0.29, 0.717) is 28.1 Å². The molecule has 0 heterocycles. The van der Waals surface area contributed by atoms with Crippen LogP contribution in [0.5, 0.6) is 0 Å². The summed E-state index contributed by atoms with van der Waals surface area (Å²) in [5.74, 6) is 10.7. The molecule has 0 radical (unpaired) electrons. The summed E-state index contributed by atoms with van der Waals surface area (Å²) < 4.78 is 15.3. The van der Waals surface area contributed by atoms with Crippen LogP contribution in [0.25, 0.3) is 0 Å². The minimum atomic E-state index is -0.798. The molecule has 11 atom stereocenters. The third-order valence-corrected chi connectivity index (χ3v) is 15.2. The van der Waals surface area contributed by atoms with E-state index in [1.807, 2.05) is 0 Å². The topological polar surface area (TPSA) is 0 Å². The molecule has 0 saturated heterocycles. The Hall–Kier alpha value is -0.0700. The van der Waals surface area contributed by atoms with E-state index < -0.39 is 5.67 Å². The van der Waals surface area contributed by atoms with Crippen LogP contribution in [0.4, 0.5) is 4.39 Å². The van der Waals surface area contributed by atoms with Crippen LogP contribution in [-0.4, -0.2) is 5.67 Å². The molecule has 32 heavy (non-hydrogen) atoms. The molecule has 0 aliphatic heterocycles. The molecule has 11 unspecified atom stereocenters. The van der Waals surface area contributed by atoms with Crippen molar-refractivity contribution < 1.29 is 4.39 Å². The Labute approximate surface area is 196 Å². The molecule has 10 rings (SSSR count). The molecule has 10 fully saturated rings. The van der Waals surface area contributed by atoms with Crippen LogP contribution in [0, 0.1) is 86.8 Å². The van der Waals surface area contributed by atoms with Crippen molar-refractivity contribution in [2.45, 2.75) is 105 Å². The lowest BCUT2D eigenvalue weighted by Gasteiger charge is -2.68. The predicted octanol–water partition coefficient (Wildman–Crippen LogP) is 8.16. The Morgan fingerprint density at radius 3 is 2.22 bits per heavy atom. The van der Waals surface area contributed by atoms with Crippen LogP contribution in [-0.2, 0) is 0 Å². The van der Waals surface area contributed by atoms with Crippen molar-refractivity contribution in [1.29, 1.82) is 0 Å². The zero-order valence-corrected chi connectivity index (χ0v) is 21.6. The van der Waals surface area contributed by atoms with Gasteiger partial charge in [-0.3, -0.25) is 0 Å². The minimum absolute atomic E-state index is 0.345. The molecule has 1 spiro atoms. The summed E-state index contributed by atoms with van der Waals surface area (Å²) >= 11 is 0. The Morgan fingerprint density at radius 2 is 1.59 bits per heavy atom. The van der Waals surface area contributed by atoms with Crippen LogP contribution in [0.3, 0.4) is 0 Å². The summed E-state index contributed by atoms with van der Waals surface area (Å²) in [5, 5.41) is 0. The van der Waals surface area contributed by atoms with Gasteiger partial charge in [0.1, 0.15) is 5.67 Å². The van der Waals surface area contributed by atoms with Gasteiger partial charge in [-0.1, -0.05) is 41.5 Å². The first-order chi connectivity index (χ1) is 15.0. The molecule has 10 aliphatic rings. The summed E-state index contributed by atoms with van der Waals surface area (Å²) in [6.07, 6.45) is 11.4. The monoisotopic (exact) mass is 438 g/mol. The van der Waals surface area contributed by atoms with Gasteiger partial charge in [0.15, 0.2) is 0 Å². The van der Waals surface area contributed by atoms with Crippen LogP contribution in [0.2, 0.25) is 0 Å². The fourth-order valence-corrected chi connectivity index (χ4v) is 14.1. The van der Waals surface area contributed by atoms with Crippen molar-refractivity contribution in [3.05, 3.63) is 0 Å². The zero-order valence-electron chi connectivity index (χ0n) is 21.6. The van der Waals surface area contributed by atoms with Gasteiger partial charge in [0.25, 0.3) is 0 Å². The average molecular weight is 439 g/mol. The van der Waals surface area contributed by atoms with Gasteiger partial charge in [-0.05, 0) is 145 Å². The molecule has 1 heteroatoms. The molecule has 0 aromatic rings. The second-order valence-electron chi connectivity index (χ2n) is 16.2. The SMILES string of the molecule is CC1C2C3C4C(C)(C(C)CC5CC6CC5(C(C)CC5CC7(F)CC(C(C)C)(C5)C7)C6)C1C234. The summed E-state index contributed by atoms with van der Waals surface area (Å²) in [6.45, 7) is 15.3. The maximum atomic E-state index is 15.3. The van der Waals surface area contributed by atoms with Gasteiger partial charge in [0.2, 0.25) is 0 Å². The van der Waals surface area contributed by atoms with E-state index in [0.717, 1.165) is 66.1 Å². The van der Waals surface area contributed by atoms with Crippen molar-refractivity contribution in [2.75, 3.05) is 0 Å². The van der Waals surface area contributed by atoms with E-state index in [9.17, 15) is 0 Å². The third kappa shape index (κ3) is 1.86. The van der Waals surface area contributed by atoms with Crippen molar-refractivity contribution in [3.63, 3.8) is 0 Å². The van der Waals surface area contributed by atoms with Gasteiger partial charge in [-0.15, -0.1) is 0 Å². The molecule has 0 amide bonds. The highest BCUT2D eigenvalue weighted by molar-refractivity contribution is 5.53. The Kier molecular flexibility index (Phi) is 3.37. The molecule has 10 aliphatic carbocycles. The molecule has 0 N–H and O–H groups in total. The van der Waals surface area contributed by atoms with E-state index in [4.69, 9.17) is 0 Å². The molecule has 0 nitrogen and oxygen atoms in total. The Morgan fingerprint density at radius 1 is 0.875 bits per heavy atom. The third-order valence-electron chi connectivity index (χ3n) is 15.2. The molecule has 178 valence electrons. The zero-order chi connectivity index (χ0) is 22.2. The van der Waals surface area contributed by atoms with Crippen LogP contribution >= 0.6 is 0 Å². The second-order valence-corrected chi connectivity index (χ2v) is 16.2. The summed E-state index contributed by atoms with van der Waals surface area (Å²) in [7, 11) is 0. The number of rotatable bonds is 7. The van der Waals surface area contributed by atoms with Crippen LogP contribution in [0.1, 0.15) is 99.3 Å². The maximum absolute atomic E-state index is 15.3. The lowest BCUT2D eigenvalue weighted by atomic mass is 9.36. The Balaban J connectivity index is 0.964. The lowest BCUT2D eigenvalue weighted by Crippen LogP contribution is -2.64. The summed E-state index contributed by atoms with van der Waals surface area (Å²) in [6, 6.07) is 0. The van der Waals surface area contributed by atoms with Crippen molar-refractivity contribution in [1.82, 2.24) is 0 Å². The van der Waals surface area contributed by atoms with E-state index in [-0.39, 0.29) is 0 Å². The molecular formula is C31H47F. The molecule has 4 bridgehead atoms. The van der Waals surface area contributed by atoms with E-state index >= 15 is 4.39 Å². The minimum Gasteiger partial charge on any atom is -0.244 e. The van der Waals surface area contributed by atoms with Gasteiger partial charge < -0.3 is 0 Å². The predicted molar refractivity (Wildman–Crippen MR) is 128 cm³/mol. The van der Waals surface area contributed by atoms with E-state index in [2.05, 4.69) is 41.5 Å². The standard InChI is InChI=1S/C31H47F/c1-16(2)28-10-20(11-29(32,14-28)15-28)7-18(4)30-12-21(13-30)9-22(30)8-17(3)27(6)25-19(5)23-24-26(27)31(23,24)25/h16-26H,7-15H2,1-6H3. The smallest absolute Gasteiger partial charge is 0.112 e. The number of halogens is 1. The Bertz CT molecular complexity index is 873. The average Bonchev–Trinajstić information content (AvgIpc) is 3.33. The normalized spacial score (nSPS) is 67.9. The first-order valence-electron chi connectivity index (χ1n) is 14.7. The first-order valence-corrected chi connectivity index (χ1v) is 14.7. The molecule has 0 aromatic carbocycles. The molecule has 10 saturated carbocycles. The maximum Gasteiger partial charge on any atom is 0.112 e. The number of hydrogen-bond acceptors (Lipinski definition) is 0. The number of hydrogen-bond donors (Lipinski definition) is 0. The van der Waals surface area contributed by atoms with Gasteiger partial charge in [0, 0.05) is 0 Å². The van der Waals surface area contributed by atoms with Gasteiger partial charge in [-0.25, -0.2) is 4.39 Å². The second kappa shape index (κ2) is 5.36. The van der Waals surface area contributed by atoms with Crippen LogP contribution in [0.15, 0.2) is 0 Å². The first kappa shape index (κ1) is 20.2. The summed E-state index contributed by atoms with van der Waals surface area (Å²) in [4.78, 5) is 0. The quantitative estimate of drug-likeness (QED) is 0.376. The summed E-state index contributed by atoms with van der Waals surface area (Å²) in [5.41, 5.74) is 1.80. The molecule has 0 aromatic heterocycles. The lowest BCUT2D eigenvalue weighted by molar-refractivity contribution is -0.214. The molecular weight excluding hydrogens is 391 g/mol. The van der Waals surface area contributed by atoms with Crippen molar-refractivity contribution in [3.8, 4) is 0 Å². The van der Waals surface area contributed by atoms with Gasteiger partial charge in [0.05, 0.1) is 0 Å². The van der Waals surface area contributed by atoms with E-state index in [1.54, 1.807) is 0 Å². The van der Waals surface area contributed by atoms with Gasteiger partial charge in [-0.2, -0.15) is 0 Å². The number of alkyl halides is 1. The highest BCUT2D eigenvalue weighted by atomic mass is 19.1. The highest BCUT2D eigenvalue weighted by Gasteiger charge is 3.07. The largest absolute Gasteiger partial charge is 0.244 e. The van der Waals surface area contributed by atoms with Gasteiger partial charge >= 0.3 is 0 Å². The van der Waals surface area contributed by atoms with Crippen LogP contribution < -0.4 is 0 Å². The highest BCUT2D eigenvalue weighted by Crippen LogP contribution is 3.10. The van der Waals surface area contributed by atoms with E-state index in [1.165, 1.54) is 50.4 Å².